The highest BCUT2D eigenvalue weighted by Gasteiger charge is 2.45. The van der Waals surface area contributed by atoms with E-state index < -0.39 is 0 Å². The molecule has 0 aromatic rings. The predicted molar refractivity (Wildman–Crippen MR) is 49.3 cm³/mol. The van der Waals surface area contributed by atoms with Crippen LogP contribution in [0.5, 0.6) is 0 Å². The lowest BCUT2D eigenvalue weighted by Gasteiger charge is -2.51. The van der Waals surface area contributed by atoms with Crippen LogP contribution in [0.2, 0.25) is 0 Å². The second-order valence-corrected chi connectivity index (χ2v) is 4.99. The van der Waals surface area contributed by atoms with Gasteiger partial charge in [0.25, 0.3) is 0 Å². The highest BCUT2D eigenvalue weighted by Crippen LogP contribution is 2.47. The van der Waals surface area contributed by atoms with Gasteiger partial charge in [0, 0.05) is 6.04 Å². The minimum atomic E-state index is 0.407. The third-order valence-electron chi connectivity index (χ3n) is 3.30. The summed E-state index contributed by atoms with van der Waals surface area (Å²) >= 11 is 0. The second kappa shape index (κ2) is 2.78. The predicted octanol–water partition coefficient (Wildman–Crippen LogP) is 2.41. The van der Waals surface area contributed by atoms with Crippen molar-refractivity contribution in [2.75, 3.05) is 0 Å². The van der Waals surface area contributed by atoms with Crippen molar-refractivity contribution in [2.45, 2.75) is 46.6 Å². The average Bonchev–Trinajstić information content (AvgIpc) is 1.87. The Bertz CT molecular complexity index is 138. The molecule has 1 aliphatic carbocycles. The Kier molecular flexibility index (Phi) is 2.29. The highest BCUT2D eigenvalue weighted by atomic mass is 14.8. The molecule has 1 rings (SSSR count). The molecule has 0 spiro atoms. The van der Waals surface area contributed by atoms with E-state index in [1.807, 2.05) is 0 Å². The maximum atomic E-state index is 5.92. The molecule has 1 aliphatic rings. The van der Waals surface area contributed by atoms with Crippen LogP contribution in [-0.2, 0) is 0 Å². The summed E-state index contributed by atoms with van der Waals surface area (Å²) in [6.07, 6.45) is 2.59. The lowest BCUT2D eigenvalue weighted by atomic mass is 9.57. The van der Waals surface area contributed by atoms with E-state index in [0.29, 0.717) is 11.5 Å². The van der Waals surface area contributed by atoms with Gasteiger partial charge in [0.15, 0.2) is 0 Å². The fourth-order valence-electron chi connectivity index (χ4n) is 2.03. The van der Waals surface area contributed by atoms with Gasteiger partial charge in [-0.3, -0.25) is 0 Å². The zero-order chi connectivity index (χ0) is 8.65. The molecular weight excluding hydrogens is 134 g/mol. The molecule has 1 saturated carbocycles. The molecule has 2 atom stereocenters. The van der Waals surface area contributed by atoms with Crippen LogP contribution >= 0.6 is 0 Å². The molecular formula is C10H21N. The van der Waals surface area contributed by atoms with Crippen LogP contribution < -0.4 is 5.73 Å². The first-order chi connectivity index (χ1) is 4.94. The van der Waals surface area contributed by atoms with Crippen LogP contribution in [0.15, 0.2) is 0 Å². The minimum absolute atomic E-state index is 0.407. The Labute approximate surface area is 70.4 Å². The number of hydrogen-bond donors (Lipinski definition) is 1. The number of hydrogen-bond acceptors (Lipinski definition) is 1. The molecule has 0 aliphatic heterocycles. The van der Waals surface area contributed by atoms with Gasteiger partial charge < -0.3 is 5.73 Å². The normalized spacial score (nSPS) is 35.5. The lowest BCUT2D eigenvalue weighted by molar-refractivity contribution is 0.0223. The fourth-order valence-corrected chi connectivity index (χ4v) is 2.03. The quantitative estimate of drug-likeness (QED) is 0.651. The van der Waals surface area contributed by atoms with Gasteiger partial charge in [0.05, 0.1) is 0 Å². The number of nitrogens with two attached hydrogens (primary N) is 1. The zero-order valence-electron chi connectivity index (χ0n) is 8.22. The van der Waals surface area contributed by atoms with Gasteiger partial charge in [0.1, 0.15) is 0 Å². The Morgan fingerprint density at radius 3 is 2.27 bits per heavy atom. The van der Waals surface area contributed by atoms with Gasteiger partial charge in [-0.05, 0) is 30.1 Å². The number of rotatable bonds is 2. The van der Waals surface area contributed by atoms with Crippen LogP contribution in [0.1, 0.15) is 40.5 Å². The van der Waals surface area contributed by atoms with Crippen LogP contribution in [0, 0.1) is 17.3 Å². The molecule has 1 nitrogen and oxygen atoms in total. The Morgan fingerprint density at radius 1 is 1.45 bits per heavy atom. The molecule has 1 fully saturated rings. The van der Waals surface area contributed by atoms with E-state index in [4.69, 9.17) is 5.73 Å². The smallest absolute Gasteiger partial charge is 0.00957 e. The van der Waals surface area contributed by atoms with Gasteiger partial charge in [-0.1, -0.05) is 27.7 Å². The topological polar surface area (TPSA) is 26.0 Å². The lowest BCUT2D eigenvalue weighted by Crippen LogP contribution is -2.54. The molecule has 66 valence electrons. The zero-order valence-corrected chi connectivity index (χ0v) is 8.22. The van der Waals surface area contributed by atoms with Crippen molar-refractivity contribution in [3.8, 4) is 0 Å². The molecule has 11 heavy (non-hydrogen) atoms. The second-order valence-electron chi connectivity index (χ2n) is 4.99. The van der Waals surface area contributed by atoms with Crippen molar-refractivity contribution < 1.29 is 0 Å². The summed E-state index contributed by atoms with van der Waals surface area (Å²) in [5, 5.41) is 0. The molecule has 2 N–H and O–H groups in total. The van der Waals surface area contributed by atoms with Crippen molar-refractivity contribution in [3.63, 3.8) is 0 Å². The van der Waals surface area contributed by atoms with E-state index in [9.17, 15) is 0 Å². The van der Waals surface area contributed by atoms with Crippen molar-refractivity contribution in [1.82, 2.24) is 0 Å². The molecule has 0 aromatic heterocycles. The fraction of sp³-hybridized carbons (Fsp3) is 1.00. The van der Waals surface area contributed by atoms with Gasteiger partial charge in [-0.15, -0.1) is 0 Å². The van der Waals surface area contributed by atoms with E-state index in [1.165, 1.54) is 12.8 Å². The van der Waals surface area contributed by atoms with Gasteiger partial charge >= 0.3 is 0 Å². The largest absolute Gasteiger partial charge is 0.327 e. The van der Waals surface area contributed by atoms with Crippen LogP contribution in [0.4, 0.5) is 0 Å². The van der Waals surface area contributed by atoms with E-state index in [0.717, 1.165) is 11.8 Å². The molecule has 0 saturated heterocycles. The Hall–Kier alpha value is -0.0400. The molecule has 0 radical (unpaired) electrons. The minimum Gasteiger partial charge on any atom is -0.327 e. The van der Waals surface area contributed by atoms with Gasteiger partial charge in [-0.25, -0.2) is 0 Å². The van der Waals surface area contributed by atoms with Gasteiger partial charge in [-0.2, -0.15) is 0 Å². The summed E-state index contributed by atoms with van der Waals surface area (Å²) in [6, 6.07) is 0.450. The Morgan fingerprint density at radius 2 is 2.00 bits per heavy atom. The van der Waals surface area contributed by atoms with E-state index in [2.05, 4.69) is 27.7 Å². The van der Waals surface area contributed by atoms with Crippen LogP contribution in [0.3, 0.4) is 0 Å². The van der Waals surface area contributed by atoms with Crippen LogP contribution in [-0.4, -0.2) is 6.04 Å². The van der Waals surface area contributed by atoms with Crippen molar-refractivity contribution in [3.05, 3.63) is 0 Å². The van der Waals surface area contributed by atoms with Gasteiger partial charge in [0.2, 0.25) is 0 Å². The third kappa shape index (κ3) is 1.58. The van der Waals surface area contributed by atoms with Crippen molar-refractivity contribution in [1.29, 1.82) is 0 Å². The summed E-state index contributed by atoms with van der Waals surface area (Å²) in [7, 11) is 0. The SMILES string of the molecule is CC(C)CC1CC(N)C1(C)C. The molecule has 0 heterocycles. The molecule has 2 unspecified atom stereocenters. The van der Waals surface area contributed by atoms with Crippen molar-refractivity contribution in [2.24, 2.45) is 23.0 Å². The third-order valence-corrected chi connectivity index (χ3v) is 3.30. The summed E-state index contributed by atoms with van der Waals surface area (Å²) in [4.78, 5) is 0. The van der Waals surface area contributed by atoms with E-state index in [1.54, 1.807) is 0 Å². The molecule has 0 bridgehead atoms. The monoisotopic (exact) mass is 155 g/mol. The van der Waals surface area contributed by atoms with E-state index in [-0.39, 0.29) is 0 Å². The average molecular weight is 155 g/mol. The first-order valence-corrected chi connectivity index (χ1v) is 4.70. The summed E-state index contributed by atoms with van der Waals surface area (Å²) in [5.41, 5.74) is 6.33. The maximum Gasteiger partial charge on any atom is 0.00957 e. The summed E-state index contributed by atoms with van der Waals surface area (Å²) < 4.78 is 0. The maximum absolute atomic E-state index is 5.92. The molecule has 1 heteroatoms. The Balaban J connectivity index is 2.40. The molecule has 0 amide bonds. The van der Waals surface area contributed by atoms with Crippen LogP contribution in [0.25, 0.3) is 0 Å². The van der Waals surface area contributed by atoms with Crippen molar-refractivity contribution >= 4 is 0 Å². The first kappa shape index (κ1) is 9.05. The standard InChI is InChI=1S/C10H21N/c1-7(2)5-8-6-9(11)10(8,3)4/h7-9H,5-6,11H2,1-4H3. The highest BCUT2D eigenvalue weighted by molar-refractivity contribution is 4.99. The first-order valence-electron chi connectivity index (χ1n) is 4.70. The van der Waals surface area contributed by atoms with E-state index >= 15 is 0 Å². The molecule has 0 aromatic carbocycles. The summed E-state index contributed by atoms with van der Waals surface area (Å²) in [5.74, 6) is 1.70. The summed E-state index contributed by atoms with van der Waals surface area (Å²) in [6.45, 7) is 9.18.